The summed E-state index contributed by atoms with van der Waals surface area (Å²) in [6.07, 6.45) is 0.515. The highest BCUT2D eigenvalue weighted by atomic mass is 35.5. The third-order valence-corrected chi connectivity index (χ3v) is 6.37. The van der Waals surface area contributed by atoms with Gasteiger partial charge in [0.05, 0.1) is 18.4 Å². The van der Waals surface area contributed by atoms with Gasteiger partial charge >= 0.3 is 0 Å². The molecule has 0 aromatic heterocycles. The molecule has 0 saturated heterocycles. The highest BCUT2D eigenvalue weighted by molar-refractivity contribution is 6.30. The fourth-order valence-electron chi connectivity index (χ4n) is 4.41. The molecule has 0 bridgehead atoms. The van der Waals surface area contributed by atoms with Crippen molar-refractivity contribution in [3.05, 3.63) is 94.0 Å². The fraction of sp³-hybridized carbons (Fsp3) is 0.296. The average Bonchev–Trinajstić information content (AvgIpc) is 3.25. The van der Waals surface area contributed by atoms with Crippen LogP contribution in [0.3, 0.4) is 0 Å². The van der Waals surface area contributed by atoms with Crippen LogP contribution in [-0.2, 0) is 0 Å². The molecule has 0 fully saturated rings. The molecule has 2 aliphatic heterocycles. The van der Waals surface area contributed by atoms with E-state index in [4.69, 9.17) is 26.2 Å². The van der Waals surface area contributed by atoms with Crippen molar-refractivity contribution in [1.82, 2.24) is 5.01 Å². The Morgan fingerprint density at radius 1 is 1.06 bits per heavy atom. The minimum atomic E-state index is -0.282. The SMILES string of the molecule is CCOc1ccc(C2=NN3C(C2)c2cc(Cl)ccc2OC3c2ccc(C(C)C)cc2)cc1. The van der Waals surface area contributed by atoms with E-state index in [1.807, 2.05) is 37.3 Å². The van der Waals surface area contributed by atoms with Gasteiger partial charge in [-0.25, -0.2) is 5.01 Å². The Kier molecular flexibility index (Phi) is 5.56. The van der Waals surface area contributed by atoms with Crippen molar-refractivity contribution in [3.8, 4) is 11.5 Å². The molecule has 4 nitrogen and oxygen atoms in total. The highest BCUT2D eigenvalue weighted by Gasteiger charge is 2.41. The maximum Gasteiger partial charge on any atom is 0.213 e. The molecule has 2 unspecified atom stereocenters. The number of benzene rings is 3. The molecule has 2 atom stereocenters. The Morgan fingerprint density at radius 3 is 2.50 bits per heavy atom. The number of hydrogen-bond acceptors (Lipinski definition) is 4. The van der Waals surface area contributed by atoms with Crippen LogP contribution >= 0.6 is 11.6 Å². The van der Waals surface area contributed by atoms with Crippen LogP contribution in [0.15, 0.2) is 71.8 Å². The van der Waals surface area contributed by atoms with E-state index in [-0.39, 0.29) is 12.3 Å². The van der Waals surface area contributed by atoms with Gasteiger partial charge in [-0.15, -0.1) is 0 Å². The zero-order valence-corrected chi connectivity index (χ0v) is 19.3. The second-order valence-electron chi connectivity index (χ2n) is 8.58. The Balaban J connectivity index is 1.52. The largest absolute Gasteiger partial charge is 0.494 e. The predicted molar refractivity (Wildman–Crippen MR) is 129 cm³/mol. The van der Waals surface area contributed by atoms with Gasteiger partial charge in [-0.3, -0.25) is 0 Å². The number of hydrazone groups is 1. The summed E-state index contributed by atoms with van der Waals surface area (Å²) in [6.45, 7) is 7.05. The van der Waals surface area contributed by atoms with Gasteiger partial charge < -0.3 is 9.47 Å². The highest BCUT2D eigenvalue weighted by Crippen LogP contribution is 2.48. The number of ether oxygens (including phenoxy) is 2. The average molecular weight is 447 g/mol. The van der Waals surface area contributed by atoms with Crippen molar-refractivity contribution < 1.29 is 9.47 Å². The number of hydrogen-bond donors (Lipinski definition) is 0. The van der Waals surface area contributed by atoms with E-state index in [0.29, 0.717) is 17.5 Å². The van der Waals surface area contributed by atoms with Crippen molar-refractivity contribution in [2.24, 2.45) is 5.10 Å². The van der Waals surface area contributed by atoms with Gasteiger partial charge in [-0.1, -0.05) is 49.7 Å². The van der Waals surface area contributed by atoms with Crippen LogP contribution in [0, 0.1) is 0 Å². The van der Waals surface area contributed by atoms with E-state index in [9.17, 15) is 0 Å². The molecule has 0 spiro atoms. The summed E-state index contributed by atoms with van der Waals surface area (Å²) in [5.41, 5.74) is 5.63. The van der Waals surface area contributed by atoms with Crippen molar-refractivity contribution in [2.45, 2.75) is 45.4 Å². The Bertz CT molecular complexity index is 1140. The molecule has 2 aliphatic rings. The quantitative estimate of drug-likeness (QED) is 0.419. The summed E-state index contributed by atoms with van der Waals surface area (Å²) in [7, 11) is 0. The van der Waals surface area contributed by atoms with Crippen LogP contribution < -0.4 is 9.47 Å². The molecule has 2 heterocycles. The lowest BCUT2D eigenvalue weighted by Crippen LogP contribution is -2.33. The molecule has 0 radical (unpaired) electrons. The zero-order chi connectivity index (χ0) is 22.2. The summed E-state index contributed by atoms with van der Waals surface area (Å²) < 4.78 is 12.1. The van der Waals surface area contributed by atoms with Gasteiger partial charge in [0.15, 0.2) is 0 Å². The van der Waals surface area contributed by atoms with Crippen LogP contribution in [0.5, 0.6) is 11.5 Å². The van der Waals surface area contributed by atoms with Gasteiger partial charge in [0.25, 0.3) is 0 Å². The summed E-state index contributed by atoms with van der Waals surface area (Å²) in [6, 6.07) is 22.8. The lowest BCUT2D eigenvalue weighted by molar-refractivity contribution is -0.0190. The number of nitrogens with zero attached hydrogens (tertiary/aromatic N) is 2. The van der Waals surface area contributed by atoms with Gasteiger partial charge in [-0.05, 0) is 66.4 Å². The number of halogens is 1. The molecule has 3 aromatic carbocycles. The van der Waals surface area contributed by atoms with Crippen LogP contribution in [0.25, 0.3) is 0 Å². The van der Waals surface area contributed by atoms with Crippen molar-refractivity contribution in [3.63, 3.8) is 0 Å². The molecule has 164 valence electrons. The predicted octanol–water partition coefficient (Wildman–Crippen LogP) is 7.10. The van der Waals surface area contributed by atoms with E-state index in [1.165, 1.54) is 5.56 Å². The van der Waals surface area contributed by atoms with Crippen LogP contribution in [0.1, 0.15) is 67.6 Å². The molecular formula is C27H27ClN2O2. The molecule has 0 saturated carbocycles. The van der Waals surface area contributed by atoms with Crippen LogP contribution in [0.4, 0.5) is 0 Å². The first-order chi connectivity index (χ1) is 15.5. The summed E-state index contributed by atoms with van der Waals surface area (Å²) in [5, 5.41) is 7.84. The smallest absolute Gasteiger partial charge is 0.213 e. The maximum atomic E-state index is 6.46. The Labute approximate surface area is 194 Å². The molecule has 0 amide bonds. The first-order valence-electron chi connectivity index (χ1n) is 11.2. The van der Waals surface area contributed by atoms with Crippen LogP contribution in [-0.4, -0.2) is 17.3 Å². The van der Waals surface area contributed by atoms with Crippen molar-refractivity contribution >= 4 is 17.3 Å². The third kappa shape index (κ3) is 3.84. The minimum Gasteiger partial charge on any atom is -0.494 e. The zero-order valence-electron chi connectivity index (χ0n) is 18.6. The standard InChI is InChI=1S/C27H27ClN2O2/c1-4-31-22-12-9-19(10-13-22)24-16-25-23-15-21(28)11-14-26(23)32-27(30(25)29-24)20-7-5-18(6-8-20)17(2)3/h5-15,17,25,27H,4,16H2,1-3H3. The first kappa shape index (κ1) is 20.9. The summed E-state index contributed by atoms with van der Waals surface area (Å²) in [4.78, 5) is 0. The minimum absolute atomic E-state index is 0.0776. The van der Waals surface area contributed by atoms with E-state index in [0.717, 1.165) is 40.3 Å². The molecule has 3 aromatic rings. The van der Waals surface area contributed by atoms with Gasteiger partial charge in [-0.2, -0.15) is 5.10 Å². The van der Waals surface area contributed by atoms with E-state index in [1.54, 1.807) is 0 Å². The van der Waals surface area contributed by atoms with Crippen molar-refractivity contribution in [2.75, 3.05) is 6.61 Å². The lowest BCUT2D eigenvalue weighted by Gasteiger charge is -2.38. The lowest BCUT2D eigenvalue weighted by atomic mass is 9.95. The van der Waals surface area contributed by atoms with E-state index in [2.05, 4.69) is 55.3 Å². The molecule has 0 N–H and O–H groups in total. The molecule has 32 heavy (non-hydrogen) atoms. The van der Waals surface area contributed by atoms with Gasteiger partial charge in [0.2, 0.25) is 6.23 Å². The van der Waals surface area contributed by atoms with E-state index >= 15 is 0 Å². The van der Waals surface area contributed by atoms with Gasteiger partial charge in [0, 0.05) is 22.6 Å². The van der Waals surface area contributed by atoms with Gasteiger partial charge in [0.1, 0.15) is 11.5 Å². The van der Waals surface area contributed by atoms with Crippen LogP contribution in [0.2, 0.25) is 5.02 Å². The summed E-state index contributed by atoms with van der Waals surface area (Å²) in [5.74, 6) is 2.23. The van der Waals surface area contributed by atoms with Crippen molar-refractivity contribution in [1.29, 1.82) is 0 Å². The second-order valence-corrected chi connectivity index (χ2v) is 9.01. The second kappa shape index (κ2) is 8.51. The number of rotatable bonds is 5. The molecular weight excluding hydrogens is 420 g/mol. The molecule has 5 rings (SSSR count). The van der Waals surface area contributed by atoms with E-state index < -0.39 is 0 Å². The summed E-state index contributed by atoms with van der Waals surface area (Å²) >= 11 is 6.34. The maximum absolute atomic E-state index is 6.46. The third-order valence-electron chi connectivity index (χ3n) is 6.14. The topological polar surface area (TPSA) is 34.1 Å². The normalized spacial score (nSPS) is 19.3. The first-order valence-corrected chi connectivity index (χ1v) is 11.6. The Morgan fingerprint density at radius 2 is 1.81 bits per heavy atom. The Hall–Kier alpha value is -2.98. The number of fused-ring (bicyclic) bond motifs is 3. The molecule has 0 aliphatic carbocycles. The monoisotopic (exact) mass is 446 g/mol. The fourth-order valence-corrected chi connectivity index (χ4v) is 4.59. The molecule has 5 heteroatoms.